The Labute approximate surface area is 108 Å². The van der Waals surface area contributed by atoms with Crippen LogP contribution in [0.1, 0.15) is 10.4 Å². The molecule has 0 bridgehead atoms. The minimum atomic E-state index is 0.812. The summed E-state index contributed by atoms with van der Waals surface area (Å²) in [7, 11) is 0. The van der Waals surface area contributed by atoms with Crippen molar-refractivity contribution in [1.29, 1.82) is 5.26 Å². The number of rotatable bonds is 1. The second-order valence-corrected chi connectivity index (χ2v) is 5.51. The van der Waals surface area contributed by atoms with E-state index in [1.54, 1.807) is 11.3 Å². The lowest BCUT2D eigenvalue weighted by Crippen LogP contribution is -1.75. The van der Waals surface area contributed by atoms with Crippen molar-refractivity contribution in [2.75, 3.05) is 0 Å². The standard InChI is InChI=1S/C10H5BrINS/c11-4-6-1-2-7-8(3-6)14-9(5-13)10(7)12/h1-3H,4H2. The molecule has 1 nitrogen and oxygen atoms in total. The molecule has 4 heteroatoms. The van der Waals surface area contributed by atoms with Crippen LogP contribution in [0.4, 0.5) is 0 Å². The summed E-state index contributed by atoms with van der Waals surface area (Å²) in [6.07, 6.45) is 0. The highest BCUT2D eigenvalue weighted by molar-refractivity contribution is 14.1. The average Bonchev–Trinajstić information content (AvgIpc) is 2.55. The van der Waals surface area contributed by atoms with E-state index in [1.165, 1.54) is 15.6 Å². The van der Waals surface area contributed by atoms with Crippen molar-refractivity contribution in [3.05, 3.63) is 32.2 Å². The van der Waals surface area contributed by atoms with Crippen molar-refractivity contribution in [3.63, 3.8) is 0 Å². The lowest BCUT2D eigenvalue weighted by Gasteiger charge is -1.94. The van der Waals surface area contributed by atoms with Crippen molar-refractivity contribution in [1.82, 2.24) is 0 Å². The molecule has 0 fully saturated rings. The summed E-state index contributed by atoms with van der Waals surface area (Å²) < 4.78 is 2.27. The third-order valence-corrected chi connectivity index (χ3v) is 5.14. The third kappa shape index (κ3) is 1.69. The van der Waals surface area contributed by atoms with E-state index in [1.807, 2.05) is 0 Å². The highest BCUT2D eigenvalue weighted by atomic mass is 127. The van der Waals surface area contributed by atoms with Crippen molar-refractivity contribution in [2.24, 2.45) is 0 Å². The smallest absolute Gasteiger partial charge is 0.119 e. The summed E-state index contributed by atoms with van der Waals surface area (Å²) in [5.41, 5.74) is 1.25. The van der Waals surface area contributed by atoms with Gasteiger partial charge < -0.3 is 0 Å². The Balaban J connectivity index is 2.74. The monoisotopic (exact) mass is 377 g/mol. The van der Waals surface area contributed by atoms with Crippen LogP contribution in [0.15, 0.2) is 18.2 Å². The molecule has 0 saturated heterocycles. The summed E-state index contributed by atoms with van der Waals surface area (Å²) in [5.74, 6) is 0. The van der Waals surface area contributed by atoms with Gasteiger partial charge >= 0.3 is 0 Å². The Bertz CT molecular complexity index is 527. The number of fused-ring (bicyclic) bond motifs is 1. The number of nitrogens with zero attached hydrogens (tertiary/aromatic N) is 1. The maximum atomic E-state index is 8.89. The predicted octanol–water partition coefficient (Wildman–Crippen LogP) is 4.27. The topological polar surface area (TPSA) is 23.8 Å². The quantitative estimate of drug-likeness (QED) is 0.537. The molecule has 1 heterocycles. The first-order chi connectivity index (χ1) is 6.76. The van der Waals surface area contributed by atoms with Crippen molar-refractivity contribution in [3.8, 4) is 6.07 Å². The van der Waals surface area contributed by atoms with Gasteiger partial charge in [-0.2, -0.15) is 5.26 Å². The molecule has 14 heavy (non-hydrogen) atoms. The Morgan fingerprint density at radius 1 is 1.50 bits per heavy atom. The van der Waals surface area contributed by atoms with Gasteiger partial charge in [0.25, 0.3) is 0 Å². The molecule has 1 aromatic heterocycles. The number of nitriles is 1. The van der Waals surface area contributed by atoms with Crippen LogP contribution in [0.25, 0.3) is 10.1 Å². The average molecular weight is 378 g/mol. The van der Waals surface area contributed by atoms with Crippen LogP contribution in [-0.2, 0) is 5.33 Å². The van der Waals surface area contributed by atoms with Gasteiger partial charge in [-0.05, 0) is 34.2 Å². The molecule has 0 spiro atoms. The Kier molecular flexibility index (Phi) is 3.10. The second-order valence-electron chi connectivity index (χ2n) is 2.82. The molecule has 0 amide bonds. The minimum absolute atomic E-state index is 0.812. The van der Waals surface area contributed by atoms with Crippen molar-refractivity contribution < 1.29 is 0 Å². The molecule has 0 radical (unpaired) electrons. The molecule has 1 aromatic carbocycles. The normalized spacial score (nSPS) is 10.4. The van der Waals surface area contributed by atoms with Crippen molar-refractivity contribution in [2.45, 2.75) is 5.33 Å². The van der Waals surface area contributed by atoms with Gasteiger partial charge in [-0.3, -0.25) is 0 Å². The van der Waals surface area contributed by atoms with Gasteiger partial charge in [-0.15, -0.1) is 11.3 Å². The molecule has 2 aromatic rings. The van der Waals surface area contributed by atoms with E-state index in [9.17, 15) is 0 Å². The number of alkyl halides is 1. The lowest BCUT2D eigenvalue weighted by molar-refractivity contribution is 1.47. The Morgan fingerprint density at radius 2 is 2.29 bits per heavy atom. The zero-order valence-electron chi connectivity index (χ0n) is 7.05. The fourth-order valence-corrected chi connectivity index (χ4v) is 3.67. The summed E-state index contributed by atoms with van der Waals surface area (Å²) >= 11 is 7.22. The zero-order valence-corrected chi connectivity index (χ0v) is 11.6. The molecule has 70 valence electrons. The molecular formula is C10H5BrINS. The molecule has 0 unspecified atom stereocenters. The maximum Gasteiger partial charge on any atom is 0.119 e. The van der Waals surface area contributed by atoms with Gasteiger partial charge in [-0.25, -0.2) is 0 Å². The van der Waals surface area contributed by atoms with E-state index in [2.05, 4.69) is 62.8 Å². The van der Waals surface area contributed by atoms with Crippen LogP contribution >= 0.6 is 49.9 Å². The second kappa shape index (κ2) is 4.17. The first-order valence-electron chi connectivity index (χ1n) is 3.93. The van der Waals surface area contributed by atoms with Gasteiger partial charge in [-0.1, -0.05) is 28.1 Å². The van der Waals surface area contributed by atoms with E-state index in [-0.39, 0.29) is 0 Å². The van der Waals surface area contributed by atoms with E-state index in [0.29, 0.717) is 0 Å². The van der Waals surface area contributed by atoms with Crippen LogP contribution in [0.3, 0.4) is 0 Å². The fraction of sp³-hybridized carbons (Fsp3) is 0.100. The van der Waals surface area contributed by atoms with Gasteiger partial charge in [0.15, 0.2) is 0 Å². The predicted molar refractivity (Wildman–Crippen MR) is 71.9 cm³/mol. The molecular weight excluding hydrogens is 373 g/mol. The van der Waals surface area contributed by atoms with Gasteiger partial charge in [0, 0.05) is 19.0 Å². The molecule has 0 aliphatic heterocycles. The Morgan fingerprint density at radius 3 is 2.93 bits per heavy atom. The zero-order chi connectivity index (χ0) is 10.1. The molecule has 0 aliphatic carbocycles. The van der Waals surface area contributed by atoms with E-state index in [4.69, 9.17) is 5.26 Å². The highest BCUT2D eigenvalue weighted by Crippen LogP contribution is 2.32. The van der Waals surface area contributed by atoms with Crippen LogP contribution in [0, 0.1) is 14.9 Å². The van der Waals surface area contributed by atoms with Crippen molar-refractivity contribution >= 4 is 59.9 Å². The maximum absolute atomic E-state index is 8.89. The van der Waals surface area contributed by atoms with Crippen LogP contribution in [0.5, 0.6) is 0 Å². The number of benzene rings is 1. The highest BCUT2D eigenvalue weighted by Gasteiger charge is 2.08. The number of hydrogen-bond donors (Lipinski definition) is 0. The van der Waals surface area contributed by atoms with Crippen LogP contribution in [0.2, 0.25) is 0 Å². The molecule has 0 aliphatic rings. The first kappa shape index (κ1) is 10.4. The van der Waals surface area contributed by atoms with Crippen LogP contribution in [-0.4, -0.2) is 0 Å². The molecule has 0 atom stereocenters. The molecule has 0 N–H and O–H groups in total. The SMILES string of the molecule is N#Cc1sc2cc(CBr)ccc2c1I. The fourth-order valence-electron chi connectivity index (χ4n) is 1.26. The van der Waals surface area contributed by atoms with Gasteiger partial charge in [0.2, 0.25) is 0 Å². The summed E-state index contributed by atoms with van der Waals surface area (Å²) in [5, 5.41) is 10.9. The first-order valence-corrected chi connectivity index (χ1v) is 6.95. The Hall–Kier alpha value is -0.120. The molecule has 2 rings (SSSR count). The van der Waals surface area contributed by atoms with E-state index < -0.39 is 0 Å². The summed E-state index contributed by atoms with van der Waals surface area (Å²) in [6.45, 7) is 0. The largest absolute Gasteiger partial charge is 0.191 e. The van der Waals surface area contributed by atoms with E-state index >= 15 is 0 Å². The molecule has 0 saturated carbocycles. The van der Waals surface area contributed by atoms with Crippen LogP contribution < -0.4 is 0 Å². The van der Waals surface area contributed by atoms with Gasteiger partial charge in [0.05, 0.1) is 0 Å². The number of halogens is 2. The summed E-state index contributed by atoms with van der Waals surface area (Å²) in [4.78, 5) is 0.812. The van der Waals surface area contributed by atoms with E-state index in [0.717, 1.165) is 13.8 Å². The lowest BCUT2D eigenvalue weighted by atomic mass is 10.2. The third-order valence-electron chi connectivity index (χ3n) is 1.95. The minimum Gasteiger partial charge on any atom is -0.191 e. The number of hydrogen-bond acceptors (Lipinski definition) is 2. The van der Waals surface area contributed by atoms with Gasteiger partial charge in [0.1, 0.15) is 10.9 Å². The number of thiophene rings is 1. The summed E-state index contributed by atoms with van der Waals surface area (Å²) in [6, 6.07) is 8.54.